The minimum atomic E-state index is -0.496. The third kappa shape index (κ3) is 8.01. The van der Waals surface area contributed by atoms with Gasteiger partial charge in [-0.15, -0.1) is 6.58 Å². The van der Waals surface area contributed by atoms with Gasteiger partial charge in [0.25, 0.3) is 5.91 Å². The van der Waals surface area contributed by atoms with E-state index in [0.717, 1.165) is 52.9 Å². The molecule has 46 heavy (non-hydrogen) atoms. The molecule has 3 atom stereocenters. The number of benzene rings is 4. The molecule has 2 aliphatic rings. The van der Waals surface area contributed by atoms with Gasteiger partial charge in [-0.1, -0.05) is 104 Å². The molecule has 1 aliphatic carbocycles. The van der Waals surface area contributed by atoms with Crippen molar-refractivity contribution in [2.24, 2.45) is 0 Å². The number of nitrogens with zero attached hydrogens (tertiary/aromatic N) is 1. The first-order chi connectivity index (χ1) is 22.6. The predicted molar refractivity (Wildman–Crippen MR) is 182 cm³/mol. The Labute approximate surface area is 272 Å². The monoisotopic (exact) mass is 616 g/mol. The lowest BCUT2D eigenvalue weighted by molar-refractivity contribution is -0.253. The third-order valence-corrected chi connectivity index (χ3v) is 9.19. The maximum atomic E-state index is 12.5. The minimum Gasteiger partial charge on any atom is -0.392 e. The second-order valence-corrected chi connectivity index (χ2v) is 12.4. The highest BCUT2D eigenvalue weighted by molar-refractivity contribution is 5.94. The molecule has 4 aromatic carbocycles. The van der Waals surface area contributed by atoms with Crippen LogP contribution >= 0.6 is 0 Å². The van der Waals surface area contributed by atoms with E-state index in [1.165, 1.54) is 25.7 Å². The van der Waals surface area contributed by atoms with Gasteiger partial charge >= 0.3 is 0 Å². The van der Waals surface area contributed by atoms with Crippen LogP contribution in [0, 0.1) is 0 Å². The van der Waals surface area contributed by atoms with E-state index in [-0.39, 0.29) is 24.7 Å². The first-order valence-electron chi connectivity index (χ1n) is 16.5. The van der Waals surface area contributed by atoms with Crippen LogP contribution in [0.1, 0.15) is 77.1 Å². The Kier molecular flexibility index (Phi) is 10.7. The second kappa shape index (κ2) is 15.5. The molecule has 0 spiro atoms. The van der Waals surface area contributed by atoms with E-state index in [0.29, 0.717) is 18.2 Å². The van der Waals surface area contributed by atoms with Crippen LogP contribution in [-0.4, -0.2) is 41.1 Å². The summed E-state index contributed by atoms with van der Waals surface area (Å²) in [6.07, 6.45) is 7.19. The lowest BCUT2D eigenvalue weighted by Crippen LogP contribution is -2.43. The van der Waals surface area contributed by atoms with Crippen molar-refractivity contribution in [3.63, 3.8) is 0 Å². The molecule has 0 bridgehead atoms. The van der Waals surface area contributed by atoms with Gasteiger partial charge in [-0.25, -0.2) is 0 Å². The highest BCUT2D eigenvalue weighted by Gasteiger charge is 2.34. The van der Waals surface area contributed by atoms with E-state index in [2.05, 4.69) is 65.3 Å². The van der Waals surface area contributed by atoms with Crippen LogP contribution in [0.2, 0.25) is 0 Å². The quantitative estimate of drug-likeness (QED) is 0.159. The van der Waals surface area contributed by atoms with Crippen LogP contribution < -0.4 is 5.32 Å². The number of nitrogens with one attached hydrogen (secondary N) is 1. The van der Waals surface area contributed by atoms with Crippen molar-refractivity contribution in [1.29, 1.82) is 0 Å². The maximum absolute atomic E-state index is 12.5. The molecule has 2 N–H and O–H groups in total. The van der Waals surface area contributed by atoms with Gasteiger partial charge in [-0.05, 0) is 58.9 Å². The SMILES string of the molecule is C=CCN(CC1CC(c2ccc(CO)cc2)OC(c2ccc(-c3cccc(CNC(=O)c4ccccc4)c3)cc2)O1)C1CCCC1. The van der Waals surface area contributed by atoms with Crippen molar-refractivity contribution in [2.75, 3.05) is 13.1 Å². The van der Waals surface area contributed by atoms with Gasteiger partial charge in [-0.3, -0.25) is 9.69 Å². The zero-order valence-electron chi connectivity index (χ0n) is 26.4. The van der Waals surface area contributed by atoms with E-state index in [4.69, 9.17) is 9.47 Å². The average Bonchev–Trinajstić information content (AvgIpc) is 3.66. The van der Waals surface area contributed by atoms with Gasteiger partial charge in [0.1, 0.15) is 0 Å². The van der Waals surface area contributed by atoms with Crippen molar-refractivity contribution in [3.05, 3.63) is 144 Å². The summed E-state index contributed by atoms with van der Waals surface area (Å²) in [5.41, 5.74) is 6.82. The lowest BCUT2D eigenvalue weighted by atomic mass is 9.98. The summed E-state index contributed by atoms with van der Waals surface area (Å²) >= 11 is 0. The molecule has 1 saturated heterocycles. The summed E-state index contributed by atoms with van der Waals surface area (Å²) in [6, 6.07) is 34.6. The standard InChI is InChI=1S/C40H44N2O4/c1-2-23-42(36-13-6-7-14-36)27-37-25-38(32-17-15-29(28-43)16-18-32)46-40(45-37)34-21-19-31(20-22-34)35-12-8-9-30(24-35)26-41-39(44)33-10-4-3-5-11-33/h2-5,8-12,15-22,24,36-38,40,43H,1,6-7,13-14,23,25-28H2,(H,41,44). The Morgan fingerprint density at radius 3 is 2.30 bits per heavy atom. The van der Waals surface area contributed by atoms with E-state index in [1.807, 2.05) is 60.7 Å². The third-order valence-electron chi connectivity index (χ3n) is 9.19. The normalized spacial score (nSPS) is 20.1. The van der Waals surface area contributed by atoms with Gasteiger partial charge in [0.05, 0.1) is 18.8 Å². The number of carbonyl (C=O) groups excluding carboxylic acids is 1. The molecule has 2 fully saturated rings. The highest BCUT2D eigenvalue weighted by Crippen LogP contribution is 2.39. The van der Waals surface area contributed by atoms with E-state index in [9.17, 15) is 9.90 Å². The van der Waals surface area contributed by atoms with Gasteiger partial charge in [-0.2, -0.15) is 0 Å². The molecule has 4 aromatic rings. The number of hydrogen-bond donors (Lipinski definition) is 2. The smallest absolute Gasteiger partial charge is 0.251 e. The number of hydrogen-bond acceptors (Lipinski definition) is 5. The number of aliphatic hydroxyl groups excluding tert-OH is 1. The number of rotatable bonds is 12. The van der Waals surface area contributed by atoms with Gasteiger partial charge < -0.3 is 19.9 Å². The summed E-state index contributed by atoms with van der Waals surface area (Å²) in [6.45, 7) is 6.20. The lowest BCUT2D eigenvalue weighted by Gasteiger charge is -2.39. The minimum absolute atomic E-state index is 0.00396. The summed E-state index contributed by atoms with van der Waals surface area (Å²) in [5, 5.41) is 12.6. The Morgan fingerprint density at radius 2 is 1.59 bits per heavy atom. The van der Waals surface area contributed by atoms with E-state index >= 15 is 0 Å². The number of ether oxygens (including phenoxy) is 2. The summed E-state index contributed by atoms with van der Waals surface area (Å²) in [4.78, 5) is 15.1. The average molecular weight is 617 g/mol. The summed E-state index contributed by atoms with van der Waals surface area (Å²) < 4.78 is 13.3. The number of aliphatic hydroxyl groups is 1. The van der Waals surface area contributed by atoms with Crippen LogP contribution in [0.5, 0.6) is 0 Å². The summed E-state index contributed by atoms with van der Waals surface area (Å²) in [5.74, 6) is -0.0837. The Morgan fingerprint density at radius 1 is 0.848 bits per heavy atom. The molecule has 6 nitrogen and oxygen atoms in total. The topological polar surface area (TPSA) is 71.0 Å². The van der Waals surface area contributed by atoms with Crippen LogP contribution in [0.25, 0.3) is 11.1 Å². The molecule has 1 saturated carbocycles. The van der Waals surface area contributed by atoms with Crippen molar-refractivity contribution in [3.8, 4) is 11.1 Å². The molecule has 1 aliphatic heterocycles. The van der Waals surface area contributed by atoms with Gasteiger partial charge in [0.15, 0.2) is 6.29 Å². The van der Waals surface area contributed by atoms with Gasteiger partial charge in [0, 0.05) is 43.2 Å². The molecule has 6 rings (SSSR count). The van der Waals surface area contributed by atoms with Crippen LogP contribution in [0.3, 0.4) is 0 Å². The first-order valence-corrected chi connectivity index (χ1v) is 16.5. The Balaban J connectivity index is 1.17. The Bertz CT molecular complexity index is 1570. The van der Waals surface area contributed by atoms with Crippen molar-refractivity contribution < 1.29 is 19.4 Å². The second-order valence-electron chi connectivity index (χ2n) is 12.4. The Hall–Kier alpha value is -4.07. The zero-order chi connectivity index (χ0) is 31.7. The molecule has 1 amide bonds. The zero-order valence-corrected chi connectivity index (χ0v) is 26.4. The molecule has 1 heterocycles. The molecule has 0 radical (unpaired) electrons. The van der Waals surface area contributed by atoms with Crippen LogP contribution in [-0.2, 0) is 22.6 Å². The van der Waals surface area contributed by atoms with Crippen molar-refractivity contribution >= 4 is 5.91 Å². The fourth-order valence-corrected chi connectivity index (χ4v) is 6.67. The van der Waals surface area contributed by atoms with E-state index in [1.54, 1.807) is 0 Å². The molecular weight excluding hydrogens is 572 g/mol. The fraction of sp³-hybridized carbons (Fsp3) is 0.325. The highest BCUT2D eigenvalue weighted by atomic mass is 16.7. The predicted octanol–water partition coefficient (Wildman–Crippen LogP) is 7.75. The fourth-order valence-electron chi connectivity index (χ4n) is 6.67. The maximum Gasteiger partial charge on any atom is 0.251 e. The first kappa shape index (κ1) is 31.9. The molecule has 6 heteroatoms. The van der Waals surface area contributed by atoms with Crippen LogP contribution in [0.15, 0.2) is 116 Å². The molecule has 238 valence electrons. The van der Waals surface area contributed by atoms with Gasteiger partial charge in [0.2, 0.25) is 0 Å². The summed E-state index contributed by atoms with van der Waals surface area (Å²) in [7, 11) is 0. The van der Waals surface area contributed by atoms with Crippen molar-refractivity contribution in [2.45, 2.75) is 69.8 Å². The molecule has 3 unspecified atom stereocenters. The van der Waals surface area contributed by atoms with E-state index < -0.39 is 6.29 Å². The van der Waals surface area contributed by atoms with Crippen molar-refractivity contribution in [1.82, 2.24) is 10.2 Å². The van der Waals surface area contributed by atoms with Crippen LogP contribution in [0.4, 0.5) is 0 Å². The number of amides is 1. The molecule has 0 aromatic heterocycles. The molecular formula is C40H44N2O4. The largest absolute Gasteiger partial charge is 0.392 e. The number of carbonyl (C=O) groups is 1.